The molecule has 1 aromatic rings. The molecule has 0 aliphatic rings. The van der Waals surface area contributed by atoms with Gasteiger partial charge in [0, 0.05) is 18.3 Å². The molecule has 0 saturated heterocycles. The largest absolute Gasteiger partial charge is 0.405 e. The highest BCUT2D eigenvalue weighted by atomic mass is 19.4. The molecule has 0 unspecified atom stereocenters. The van der Waals surface area contributed by atoms with Crippen molar-refractivity contribution < 1.29 is 13.2 Å². The van der Waals surface area contributed by atoms with Crippen molar-refractivity contribution in [2.75, 3.05) is 18.0 Å². The van der Waals surface area contributed by atoms with Crippen LogP contribution in [0.3, 0.4) is 0 Å². The molecule has 1 N–H and O–H groups in total. The minimum Gasteiger partial charge on any atom is -0.360 e. The molecule has 0 spiro atoms. The molecule has 0 radical (unpaired) electrons. The molecule has 0 fully saturated rings. The minimum atomic E-state index is -4.20. The summed E-state index contributed by atoms with van der Waals surface area (Å²) in [5.41, 5.74) is 2.61. The number of anilines is 1. The van der Waals surface area contributed by atoms with Gasteiger partial charge in [-0.2, -0.15) is 13.2 Å². The van der Waals surface area contributed by atoms with E-state index in [1.807, 2.05) is 26.0 Å². The van der Waals surface area contributed by atoms with E-state index in [1.165, 1.54) is 4.90 Å². The Morgan fingerprint density at radius 3 is 2.35 bits per heavy atom. The van der Waals surface area contributed by atoms with Crippen molar-refractivity contribution in [3.63, 3.8) is 0 Å². The monoisotopic (exact) mass is 288 g/mol. The Morgan fingerprint density at radius 1 is 1.25 bits per heavy atom. The SMILES string of the molecule is CCNCc1ccc(N(CC(F)(F)F)C(C)C)c(C)c1. The van der Waals surface area contributed by atoms with E-state index in [-0.39, 0.29) is 6.04 Å². The standard InChI is InChI=1S/C15H23F3N2/c1-5-19-9-13-6-7-14(12(4)8-13)20(11(2)3)10-15(16,17)18/h6-8,11,19H,5,9-10H2,1-4H3. The van der Waals surface area contributed by atoms with Crippen LogP contribution in [0.4, 0.5) is 18.9 Å². The average molecular weight is 288 g/mol. The number of nitrogens with zero attached hydrogens (tertiary/aromatic N) is 1. The van der Waals surface area contributed by atoms with E-state index in [4.69, 9.17) is 0 Å². The highest BCUT2D eigenvalue weighted by Gasteiger charge is 2.32. The molecule has 20 heavy (non-hydrogen) atoms. The maximum absolute atomic E-state index is 12.7. The summed E-state index contributed by atoms with van der Waals surface area (Å²) in [6.45, 7) is 8.11. The lowest BCUT2D eigenvalue weighted by Crippen LogP contribution is -2.39. The first-order valence-corrected chi connectivity index (χ1v) is 6.88. The van der Waals surface area contributed by atoms with Crippen molar-refractivity contribution in [2.45, 2.75) is 46.5 Å². The fraction of sp³-hybridized carbons (Fsp3) is 0.600. The summed E-state index contributed by atoms with van der Waals surface area (Å²) in [7, 11) is 0. The molecule has 0 aliphatic heterocycles. The lowest BCUT2D eigenvalue weighted by atomic mass is 10.1. The summed E-state index contributed by atoms with van der Waals surface area (Å²) >= 11 is 0. The highest BCUT2D eigenvalue weighted by Crippen LogP contribution is 2.27. The number of rotatable bonds is 6. The van der Waals surface area contributed by atoms with Gasteiger partial charge in [-0.1, -0.05) is 19.1 Å². The summed E-state index contributed by atoms with van der Waals surface area (Å²) < 4.78 is 38.0. The lowest BCUT2D eigenvalue weighted by molar-refractivity contribution is -0.120. The third kappa shape index (κ3) is 5.04. The van der Waals surface area contributed by atoms with Crippen LogP contribution in [0.2, 0.25) is 0 Å². The minimum absolute atomic E-state index is 0.199. The Bertz CT molecular complexity index is 428. The molecular formula is C15H23F3N2. The van der Waals surface area contributed by atoms with Crippen molar-refractivity contribution in [3.8, 4) is 0 Å². The van der Waals surface area contributed by atoms with E-state index >= 15 is 0 Å². The van der Waals surface area contributed by atoms with Gasteiger partial charge in [-0.15, -0.1) is 0 Å². The van der Waals surface area contributed by atoms with E-state index in [0.717, 1.165) is 24.2 Å². The van der Waals surface area contributed by atoms with Crippen LogP contribution in [0.5, 0.6) is 0 Å². The molecule has 0 bridgehead atoms. The van der Waals surface area contributed by atoms with Gasteiger partial charge in [-0.3, -0.25) is 0 Å². The first-order chi connectivity index (χ1) is 9.24. The fourth-order valence-corrected chi connectivity index (χ4v) is 2.16. The second-order valence-electron chi connectivity index (χ2n) is 5.24. The summed E-state index contributed by atoms with van der Waals surface area (Å²) in [5.74, 6) is 0. The fourth-order valence-electron chi connectivity index (χ4n) is 2.16. The van der Waals surface area contributed by atoms with Crippen LogP contribution in [0, 0.1) is 6.92 Å². The molecule has 0 aliphatic carbocycles. The van der Waals surface area contributed by atoms with E-state index < -0.39 is 12.7 Å². The van der Waals surface area contributed by atoms with Crippen molar-refractivity contribution in [3.05, 3.63) is 29.3 Å². The number of halogens is 3. The van der Waals surface area contributed by atoms with Crippen molar-refractivity contribution in [1.29, 1.82) is 0 Å². The van der Waals surface area contributed by atoms with Crippen LogP contribution in [-0.2, 0) is 6.54 Å². The lowest BCUT2D eigenvalue weighted by Gasteiger charge is -2.31. The molecule has 5 heteroatoms. The number of aryl methyl sites for hydroxylation is 1. The molecule has 0 amide bonds. The predicted molar refractivity (Wildman–Crippen MR) is 77.1 cm³/mol. The van der Waals surface area contributed by atoms with Crippen molar-refractivity contribution in [1.82, 2.24) is 5.32 Å². The second kappa shape index (κ2) is 6.97. The molecule has 2 nitrogen and oxygen atoms in total. The van der Waals surface area contributed by atoms with Gasteiger partial charge in [0.25, 0.3) is 0 Å². The van der Waals surface area contributed by atoms with E-state index in [1.54, 1.807) is 19.9 Å². The molecule has 0 saturated carbocycles. The first kappa shape index (κ1) is 16.8. The molecule has 1 rings (SSSR count). The van der Waals surface area contributed by atoms with Gasteiger partial charge in [0.15, 0.2) is 0 Å². The Hall–Kier alpha value is -1.23. The van der Waals surface area contributed by atoms with Gasteiger partial charge in [0.1, 0.15) is 6.54 Å². The number of hydrogen-bond donors (Lipinski definition) is 1. The summed E-state index contributed by atoms with van der Waals surface area (Å²) in [6.07, 6.45) is -4.20. The topological polar surface area (TPSA) is 15.3 Å². The first-order valence-electron chi connectivity index (χ1n) is 6.88. The third-order valence-corrected chi connectivity index (χ3v) is 3.12. The number of alkyl halides is 3. The molecule has 0 heterocycles. The highest BCUT2D eigenvalue weighted by molar-refractivity contribution is 5.55. The Balaban J connectivity index is 2.97. The zero-order valence-electron chi connectivity index (χ0n) is 12.5. The molecule has 0 atom stereocenters. The summed E-state index contributed by atoms with van der Waals surface area (Å²) in [4.78, 5) is 1.40. The average Bonchev–Trinajstić information content (AvgIpc) is 2.32. The normalized spacial score (nSPS) is 12.0. The number of benzene rings is 1. The molecule has 0 aromatic heterocycles. The third-order valence-electron chi connectivity index (χ3n) is 3.12. The van der Waals surface area contributed by atoms with Gasteiger partial charge in [0.2, 0.25) is 0 Å². The predicted octanol–water partition coefficient (Wildman–Crippen LogP) is 3.88. The zero-order chi connectivity index (χ0) is 15.3. The molecule has 114 valence electrons. The summed E-state index contributed by atoms with van der Waals surface area (Å²) in [5, 5.41) is 3.21. The van der Waals surface area contributed by atoms with Gasteiger partial charge in [0.05, 0.1) is 0 Å². The van der Waals surface area contributed by atoms with Gasteiger partial charge in [-0.05, 0) is 44.5 Å². The van der Waals surface area contributed by atoms with Crippen molar-refractivity contribution in [2.24, 2.45) is 0 Å². The maximum Gasteiger partial charge on any atom is 0.405 e. The van der Waals surface area contributed by atoms with Gasteiger partial charge in [-0.25, -0.2) is 0 Å². The van der Waals surface area contributed by atoms with Crippen molar-refractivity contribution >= 4 is 5.69 Å². The maximum atomic E-state index is 12.7. The van der Waals surface area contributed by atoms with E-state index in [2.05, 4.69) is 5.32 Å². The Morgan fingerprint density at radius 2 is 1.90 bits per heavy atom. The quantitative estimate of drug-likeness (QED) is 0.854. The number of nitrogens with one attached hydrogen (secondary N) is 1. The smallest absolute Gasteiger partial charge is 0.360 e. The molecule has 1 aromatic carbocycles. The van der Waals surface area contributed by atoms with E-state index in [0.29, 0.717) is 5.69 Å². The van der Waals surface area contributed by atoms with Crippen LogP contribution in [0.25, 0.3) is 0 Å². The van der Waals surface area contributed by atoms with Crippen LogP contribution >= 0.6 is 0 Å². The Kier molecular flexibility index (Phi) is 5.87. The molecular weight excluding hydrogens is 265 g/mol. The van der Waals surface area contributed by atoms with E-state index in [9.17, 15) is 13.2 Å². The summed E-state index contributed by atoms with van der Waals surface area (Å²) in [6, 6.07) is 5.42. The van der Waals surface area contributed by atoms with Crippen LogP contribution < -0.4 is 10.2 Å². The van der Waals surface area contributed by atoms with Gasteiger partial charge >= 0.3 is 6.18 Å². The van der Waals surface area contributed by atoms with Gasteiger partial charge < -0.3 is 10.2 Å². The van der Waals surface area contributed by atoms with Crippen LogP contribution in [-0.4, -0.2) is 25.3 Å². The van der Waals surface area contributed by atoms with Crippen LogP contribution in [0.1, 0.15) is 31.9 Å². The second-order valence-corrected chi connectivity index (χ2v) is 5.24. The number of hydrogen-bond acceptors (Lipinski definition) is 2. The Labute approximate surface area is 119 Å². The zero-order valence-corrected chi connectivity index (χ0v) is 12.5. The van der Waals surface area contributed by atoms with Crippen LogP contribution in [0.15, 0.2) is 18.2 Å².